The highest BCUT2D eigenvalue weighted by Crippen LogP contribution is 2.32. The summed E-state index contributed by atoms with van der Waals surface area (Å²) in [5.74, 6) is -0.720. The van der Waals surface area contributed by atoms with Crippen molar-refractivity contribution in [2.75, 3.05) is 6.61 Å². The number of hydrogen-bond donors (Lipinski definition) is 1. The molecule has 1 heterocycles. The van der Waals surface area contributed by atoms with Crippen LogP contribution in [0.15, 0.2) is 43.0 Å². The minimum atomic E-state index is -4.65. The van der Waals surface area contributed by atoms with E-state index in [1.165, 1.54) is 12.1 Å². The predicted molar refractivity (Wildman–Crippen MR) is 104 cm³/mol. The van der Waals surface area contributed by atoms with Gasteiger partial charge < -0.3 is 14.6 Å². The van der Waals surface area contributed by atoms with Crippen LogP contribution in [0.4, 0.5) is 17.6 Å². The number of benzene rings is 1. The van der Waals surface area contributed by atoms with E-state index in [1.54, 1.807) is 12.4 Å². The molecule has 1 amide bonds. The molecule has 31 heavy (non-hydrogen) atoms. The minimum absolute atomic E-state index is 0.101. The Morgan fingerprint density at radius 3 is 2.74 bits per heavy atom. The number of imidazole rings is 1. The quantitative estimate of drug-likeness (QED) is 0.595. The Hall–Kier alpha value is -2.72. The molecule has 3 rings (SSSR count). The van der Waals surface area contributed by atoms with Crippen LogP contribution in [0.25, 0.3) is 11.3 Å². The van der Waals surface area contributed by atoms with Crippen LogP contribution in [-0.2, 0) is 20.8 Å². The van der Waals surface area contributed by atoms with Crippen LogP contribution in [0.2, 0.25) is 0 Å². The summed E-state index contributed by atoms with van der Waals surface area (Å²) in [5, 5.41) is 2.61. The van der Waals surface area contributed by atoms with Gasteiger partial charge in [-0.05, 0) is 30.7 Å². The fourth-order valence-corrected chi connectivity index (χ4v) is 3.23. The molecule has 0 radical (unpaired) electrons. The van der Waals surface area contributed by atoms with E-state index in [-0.39, 0.29) is 25.3 Å². The molecule has 0 atom stereocenters. The molecule has 168 valence electrons. The summed E-state index contributed by atoms with van der Waals surface area (Å²) in [4.78, 5) is 16.2. The number of amides is 1. The fourth-order valence-electron chi connectivity index (χ4n) is 3.23. The van der Waals surface area contributed by atoms with Crippen LogP contribution in [0.3, 0.4) is 0 Å². The van der Waals surface area contributed by atoms with Crippen molar-refractivity contribution in [3.05, 3.63) is 54.4 Å². The average molecular weight is 441 g/mol. The van der Waals surface area contributed by atoms with Crippen molar-refractivity contribution in [1.82, 2.24) is 14.9 Å². The second kappa shape index (κ2) is 9.61. The normalized spacial score (nSPS) is 18.5. The molecular formula is C21H23F4N3O3. The molecule has 0 bridgehead atoms. The highest BCUT2D eigenvalue weighted by Gasteiger charge is 2.40. The highest BCUT2D eigenvalue weighted by atomic mass is 19.4. The topological polar surface area (TPSA) is 65.4 Å². The first kappa shape index (κ1) is 23.0. The summed E-state index contributed by atoms with van der Waals surface area (Å²) in [6, 6.07) is 4.50. The first-order valence-electron chi connectivity index (χ1n) is 9.71. The molecule has 0 spiro atoms. The van der Waals surface area contributed by atoms with Gasteiger partial charge in [-0.1, -0.05) is 6.58 Å². The Bertz CT molecular complexity index is 936. The van der Waals surface area contributed by atoms with Gasteiger partial charge in [0.05, 0.1) is 24.2 Å². The van der Waals surface area contributed by atoms with E-state index in [4.69, 9.17) is 4.74 Å². The third-order valence-corrected chi connectivity index (χ3v) is 4.89. The van der Waals surface area contributed by atoms with Crippen molar-refractivity contribution in [1.29, 1.82) is 0 Å². The molecule has 1 fully saturated rings. The molecular weight excluding hydrogens is 418 g/mol. The van der Waals surface area contributed by atoms with Crippen LogP contribution in [-0.4, -0.2) is 40.6 Å². The van der Waals surface area contributed by atoms with E-state index >= 15 is 0 Å². The van der Waals surface area contributed by atoms with Crippen molar-refractivity contribution < 1.29 is 31.8 Å². The Labute approximate surface area is 176 Å². The zero-order valence-electron chi connectivity index (χ0n) is 16.9. The minimum Gasteiger partial charge on any atom is -0.368 e. The zero-order chi connectivity index (χ0) is 22.6. The summed E-state index contributed by atoms with van der Waals surface area (Å²) in [7, 11) is 0. The van der Waals surface area contributed by atoms with Crippen molar-refractivity contribution in [3.8, 4) is 11.3 Å². The molecule has 0 saturated heterocycles. The summed E-state index contributed by atoms with van der Waals surface area (Å²) in [6.45, 7) is 5.87. The van der Waals surface area contributed by atoms with E-state index in [0.717, 1.165) is 11.1 Å². The number of carbonyl (C=O) groups is 1. The number of aromatic nitrogens is 2. The Morgan fingerprint density at radius 1 is 1.32 bits per heavy atom. The van der Waals surface area contributed by atoms with Gasteiger partial charge in [0.2, 0.25) is 5.91 Å². The van der Waals surface area contributed by atoms with E-state index in [2.05, 4.69) is 21.6 Å². The summed E-state index contributed by atoms with van der Waals surface area (Å²) in [6.07, 6.45) is -1.87. The molecule has 1 aliphatic rings. The smallest absolute Gasteiger partial charge is 0.368 e. The zero-order valence-corrected chi connectivity index (χ0v) is 16.9. The van der Waals surface area contributed by atoms with Gasteiger partial charge in [0.15, 0.2) is 0 Å². The third kappa shape index (κ3) is 6.90. The van der Waals surface area contributed by atoms with Gasteiger partial charge in [-0.25, -0.2) is 9.37 Å². The van der Waals surface area contributed by atoms with Gasteiger partial charge in [0.1, 0.15) is 12.4 Å². The summed E-state index contributed by atoms with van der Waals surface area (Å²) < 4.78 is 60.5. The van der Waals surface area contributed by atoms with Crippen LogP contribution in [0, 0.1) is 12.7 Å². The molecule has 1 aliphatic carbocycles. The number of alkyl halides is 3. The van der Waals surface area contributed by atoms with Crippen molar-refractivity contribution >= 4 is 5.91 Å². The first-order chi connectivity index (χ1) is 14.6. The van der Waals surface area contributed by atoms with Crippen molar-refractivity contribution in [3.63, 3.8) is 0 Å². The molecule has 1 saturated carbocycles. The second-order valence-corrected chi connectivity index (χ2v) is 7.45. The van der Waals surface area contributed by atoms with E-state index in [9.17, 15) is 22.4 Å². The van der Waals surface area contributed by atoms with Gasteiger partial charge in [-0.15, -0.1) is 13.2 Å². The molecule has 0 unspecified atom stereocenters. The maximum absolute atomic E-state index is 13.3. The van der Waals surface area contributed by atoms with E-state index in [0.29, 0.717) is 24.4 Å². The average Bonchev–Trinajstić information content (AvgIpc) is 3.09. The molecule has 1 N–H and O–H groups in total. The van der Waals surface area contributed by atoms with Gasteiger partial charge in [-0.2, -0.15) is 0 Å². The van der Waals surface area contributed by atoms with Crippen LogP contribution in [0.1, 0.15) is 24.8 Å². The lowest BCUT2D eigenvalue weighted by Gasteiger charge is -2.34. The third-order valence-electron chi connectivity index (χ3n) is 4.89. The maximum atomic E-state index is 13.3. The Morgan fingerprint density at radius 2 is 2.06 bits per heavy atom. The second-order valence-electron chi connectivity index (χ2n) is 7.45. The largest absolute Gasteiger partial charge is 0.522 e. The van der Waals surface area contributed by atoms with E-state index in [1.807, 2.05) is 17.7 Å². The summed E-state index contributed by atoms with van der Waals surface area (Å²) in [5.41, 5.74) is 2.82. The summed E-state index contributed by atoms with van der Waals surface area (Å²) >= 11 is 0. The molecule has 2 aromatic rings. The SMILES string of the molecule is C=C(CCn1cnc(-c2ccc(F)cc2C)c1)NC(=O)COC1CC(OC(F)(F)F)C1. The molecule has 6 nitrogen and oxygen atoms in total. The number of nitrogens with one attached hydrogen (secondary N) is 1. The van der Waals surface area contributed by atoms with Crippen LogP contribution in [0.5, 0.6) is 0 Å². The number of aryl methyl sites for hydroxylation is 2. The standard InChI is InChI=1S/C21H23F4N3O3/c1-13-7-15(22)3-4-18(13)19-10-28(12-26-19)6-5-14(2)27-20(29)11-30-16-8-17(9-16)31-21(23,24)25/h3-4,7,10,12,16-17H,2,5-6,8-9,11H2,1H3,(H,27,29). The highest BCUT2D eigenvalue weighted by molar-refractivity contribution is 5.78. The van der Waals surface area contributed by atoms with Crippen LogP contribution >= 0.6 is 0 Å². The lowest BCUT2D eigenvalue weighted by atomic mass is 9.92. The first-order valence-corrected chi connectivity index (χ1v) is 9.71. The maximum Gasteiger partial charge on any atom is 0.522 e. The molecule has 1 aromatic carbocycles. The number of hydrogen-bond acceptors (Lipinski definition) is 4. The number of rotatable bonds is 9. The number of carbonyl (C=O) groups excluding carboxylic acids is 1. The number of nitrogens with zero attached hydrogens (tertiary/aromatic N) is 2. The van der Waals surface area contributed by atoms with Crippen molar-refractivity contribution in [2.45, 2.75) is 51.3 Å². The predicted octanol–water partition coefficient (Wildman–Crippen LogP) is 4.10. The lowest BCUT2D eigenvalue weighted by Crippen LogP contribution is -2.42. The Kier molecular flexibility index (Phi) is 7.11. The monoisotopic (exact) mass is 441 g/mol. The van der Waals surface area contributed by atoms with Gasteiger partial charge in [-0.3, -0.25) is 9.53 Å². The van der Waals surface area contributed by atoms with Crippen LogP contribution < -0.4 is 5.32 Å². The molecule has 1 aromatic heterocycles. The number of allylic oxidation sites excluding steroid dienone is 1. The van der Waals surface area contributed by atoms with E-state index < -0.39 is 24.5 Å². The molecule has 0 aliphatic heterocycles. The molecule has 10 heteroatoms. The Balaban J connectivity index is 1.36. The number of halogens is 4. The number of ether oxygens (including phenoxy) is 2. The van der Waals surface area contributed by atoms with Crippen molar-refractivity contribution in [2.24, 2.45) is 0 Å². The van der Waals surface area contributed by atoms with Gasteiger partial charge >= 0.3 is 6.36 Å². The van der Waals surface area contributed by atoms with Gasteiger partial charge in [0.25, 0.3) is 0 Å². The lowest BCUT2D eigenvalue weighted by molar-refractivity contribution is -0.357. The van der Waals surface area contributed by atoms with Gasteiger partial charge in [0, 0.05) is 43.3 Å². The fraction of sp³-hybridized carbons (Fsp3) is 0.429.